The molecule has 2 heterocycles. The van der Waals surface area contributed by atoms with Crippen LogP contribution in [0.15, 0.2) is 23.8 Å². The summed E-state index contributed by atoms with van der Waals surface area (Å²) in [7, 11) is 4.76. The number of nitrogens with zero attached hydrogens (tertiary/aromatic N) is 1. The number of benzene rings is 2. The Morgan fingerprint density at radius 2 is 1.57 bits per heavy atom. The van der Waals surface area contributed by atoms with E-state index in [1.165, 1.54) is 29.7 Å². The molecule has 0 spiro atoms. The predicted molar refractivity (Wildman–Crippen MR) is 117 cm³/mol. The van der Waals surface area contributed by atoms with Gasteiger partial charge in [-0.3, -0.25) is 4.79 Å². The van der Waals surface area contributed by atoms with Crippen molar-refractivity contribution in [3.63, 3.8) is 0 Å². The van der Waals surface area contributed by atoms with E-state index in [-0.39, 0.29) is 5.78 Å². The molecule has 3 aliphatic rings. The molecule has 5 nitrogen and oxygen atoms in total. The van der Waals surface area contributed by atoms with Crippen molar-refractivity contribution in [3.05, 3.63) is 51.6 Å². The molecule has 30 heavy (non-hydrogen) atoms. The van der Waals surface area contributed by atoms with Crippen molar-refractivity contribution in [2.75, 3.05) is 39.3 Å². The molecule has 2 aromatic carbocycles. The lowest BCUT2D eigenvalue weighted by atomic mass is 9.89. The van der Waals surface area contributed by atoms with Crippen LogP contribution >= 0.6 is 0 Å². The average molecular weight is 405 g/mol. The molecule has 2 aromatic rings. The largest absolute Gasteiger partial charge is 0.496 e. The van der Waals surface area contributed by atoms with Crippen molar-refractivity contribution in [1.29, 1.82) is 0 Å². The maximum absolute atomic E-state index is 13.4. The lowest BCUT2D eigenvalue weighted by Crippen LogP contribution is -2.34. The van der Waals surface area contributed by atoms with E-state index in [9.17, 15) is 4.79 Å². The van der Waals surface area contributed by atoms with Crippen molar-refractivity contribution >= 4 is 17.5 Å². The highest BCUT2D eigenvalue weighted by atomic mass is 16.5. The monoisotopic (exact) mass is 405 g/mol. The number of allylic oxidation sites excluding steroid dienone is 1. The molecule has 0 bridgehead atoms. The number of carbonyl (C=O) groups is 1. The Morgan fingerprint density at radius 1 is 0.900 bits per heavy atom. The summed E-state index contributed by atoms with van der Waals surface area (Å²) in [4.78, 5) is 15.9. The van der Waals surface area contributed by atoms with Gasteiger partial charge in [-0.1, -0.05) is 0 Å². The van der Waals surface area contributed by atoms with Crippen LogP contribution in [0.5, 0.6) is 17.2 Å². The summed E-state index contributed by atoms with van der Waals surface area (Å²) in [5.41, 5.74) is 7.61. The van der Waals surface area contributed by atoms with Gasteiger partial charge in [0.05, 0.1) is 26.9 Å². The Hall–Kier alpha value is -2.95. The van der Waals surface area contributed by atoms with E-state index in [4.69, 9.17) is 14.2 Å². The third-order valence-corrected chi connectivity index (χ3v) is 6.54. The first-order chi connectivity index (χ1) is 14.6. The first-order valence-corrected chi connectivity index (χ1v) is 10.6. The molecule has 0 aromatic heterocycles. The van der Waals surface area contributed by atoms with E-state index >= 15 is 0 Å². The van der Waals surface area contributed by atoms with Gasteiger partial charge in [0.25, 0.3) is 0 Å². The number of aryl methyl sites for hydroxylation is 2. The third kappa shape index (κ3) is 2.87. The molecular formula is C25H27NO4. The number of ketones is 1. The standard InChI is InChI=1S/C25H27NO4/c1-28-20-14-21(29-2)25(30-3)22-19(20)13-18(24(22)27)12-15-10-16-6-4-8-26-9-5-7-17(11-15)23(16)26/h10-12,14H,4-9,13H2,1-3H3/b18-12+. The Bertz CT molecular complexity index is 1040. The highest BCUT2D eigenvalue weighted by Crippen LogP contribution is 2.46. The number of fused-ring (bicyclic) bond motifs is 1. The summed E-state index contributed by atoms with van der Waals surface area (Å²) in [6.07, 6.45) is 7.22. The van der Waals surface area contributed by atoms with Crippen LogP contribution in [0.4, 0.5) is 5.69 Å². The minimum atomic E-state index is -0.00737. The molecule has 0 unspecified atom stereocenters. The minimum Gasteiger partial charge on any atom is -0.496 e. The predicted octanol–water partition coefficient (Wildman–Crippen LogP) is 4.23. The number of hydrogen-bond donors (Lipinski definition) is 0. The topological polar surface area (TPSA) is 48.0 Å². The second-order valence-corrected chi connectivity index (χ2v) is 8.23. The van der Waals surface area contributed by atoms with Crippen LogP contribution in [-0.4, -0.2) is 40.2 Å². The fourth-order valence-electron chi connectivity index (χ4n) is 5.27. The Labute approximate surface area is 177 Å². The van der Waals surface area contributed by atoms with Crippen molar-refractivity contribution in [2.24, 2.45) is 0 Å². The molecule has 0 fully saturated rings. The van der Waals surface area contributed by atoms with Crippen molar-refractivity contribution < 1.29 is 19.0 Å². The fraction of sp³-hybridized carbons (Fsp3) is 0.400. The van der Waals surface area contributed by atoms with Gasteiger partial charge in [-0.05, 0) is 60.6 Å². The zero-order valence-electron chi connectivity index (χ0n) is 17.8. The quantitative estimate of drug-likeness (QED) is 0.713. The summed E-state index contributed by atoms with van der Waals surface area (Å²) < 4.78 is 16.5. The van der Waals surface area contributed by atoms with E-state index in [1.54, 1.807) is 27.4 Å². The first-order valence-electron chi connectivity index (χ1n) is 10.6. The average Bonchev–Trinajstić information content (AvgIpc) is 3.09. The van der Waals surface area contributed by atoms with Crippen LogP contribution in [0.1, 0.15) is 45.5 Å². The van der Waals surface area contributed by atoms with Crippen LogP contribution < -0.4 is 19.1 Å². The van der Waals surface area contributed by atoms with E-state index in [1.807, 2.05) is 0 Å². The lowest BCUT2D eigenvalue weighted by Gasteiger charge is -2.37. The fourth-order valence-corrected chi connectivity index (χ4v) is 5.27. The van der Waals surface area contributed by atoms with Crippen LogP contribution in [-0.2, 0) is 19.3 Å². The Morgan fingerprint density at radius 3 is 2.17 bits per heavy atom. The molecule has 5 heteroatoms. The van der Waals surface area contributed by atoms with Gasteiger partial charge in [0.1, 0.15) is 5.75 Å². The van der Waals surface area contributed by atoms with Crippen LogP contribution in [0, 0.1) is 0 Å². The second-order valence-electron chi connectivity index (χ2n) is 8.23. The SMILES string of the molecule is COc1cc(OC)c(OC)c2c1C/C(=C\c1cc3c4c(c1)CCCN4CCC3)C2=O. The maximum Gasteiger partial charge on any atom is 0.193 e. The number of rotatable bonds is 4. The number of anilines is 1. The normalized spacial score (nSPS) is 18.3. The summed E-state index contributed by atoms with van der Waals surface area (Å²) >= 11 is 0. The molecule has 0 saturated carbocycles. The molecule has 0 atom stereocenters. The molecule has 2 aliphatic heterocycles. The van der Waals surface area contributed by atoms with Gasteiger partial charge in [-0.2, -0.15) is 0 Å². The highest BCUT2D eigenvalue weighted by Gasteiger charge is 2.34. The molecule has 5 rings (SSSR count). The molecule has 0 radical (unpaired) electrons. The highest BCUT2D eigenvalue weighted by molar-refractivity contribution is 6.18. The zero-order chi connectivity index (χ0) is 20.8. The van der Waals surface area contributed by atoms with E-state index in [0.29, 0.717) is 29.2 Å². The Kier molecular flexibility index (Phi) is 4.69. The number of ether oxygens (including phenoxy) is 3. The second kappa shape index (κ2) is 7.38. The first kappa shape index (κ1) is 19.0. The summed E-state index contributed by atoms with van der Waals surface area (Å²) in [5, 5.41) is 0. The summed E-state index contributed by atoms with van der Waals surface area (Å²) in [6.45, 7) is 2.32. The number of carbonyl (C=O) groups excluding carboxylic acids is 1. The van der Waals surface area contributed by atoms with E-state index in [2.05, 4.69) is 23.1 Å². The Balaban J connectivity index is 1.58. The van der Waals surface area contributed by atoms with Gasteiger partial charge in [0.2, 0.25) is 0 Å². The third-order valence-electron chi connectivity index (χ3n) is 6.54. The van der Waals surface area contributed by atoms with Crippen LogP contribution in [0.25, 0.3) is 6.08 Å². The van der Waals surface area contributed by atoms with Gasteiger partial charge < -0.3 is 19.1 Å². The zero-order valence-corrected chi connectivity index (χ0v) is 17.8. The molecule has 156 valence electrons. The molecule has 0 saturated heterocycles. The number of methoxy groups -OCH3 is 3. The van der Waals surface area contributed by atoms with Gasteiger partial charge in [-0.15, -0.1) is 0 Å². The number of Topliss-reactive ketones (excluding diaryl/α,β-unsaturated/α-hetero) is 1. The van der Waals surface area contributed by atoms with E-state index in [0.717, 1.165) is 42.6 Å². The van der Waals surface area contributed by atoms with Gasteiger partial charge >= 0.3 is 0 Å². The summed E-state index contributed by atoms with van der Waals surface area (Å²) in [5.74, 6) is 1.65. The molecule has 1 aliphatic carbocycles. The molecular weight excluding hydrogens is 378 g/mol. The van der Waals surface area contributed by atoms with Crippen LogP contribution in [0.2, 0.25) is 0 Å². The van der Waals surface area contributed by atoms with Gasteiger partial charge in [0, 0.05) is 42.4 Å². The van der Waals surface area contributed by atoms with Crippen molar-refractivity contribution in [2.45, 2.75) is 32.1 Å². The van der Waals surface area contributed by atoms with Crippen molar-refractivity contribution in [1.82, 2.24) is 0 Å². The van der Waals surface area contributed by atoms with Crippen LogP contribution in [0.3, 0.4) is 0 Å². The maximum atomic E-state index is 13.4. The lowest BCUT2D eigenvalue weighted by molar-refractivity contribution is 0.103. The van der Waals surface area contributed by atoms with Gasteiger partial charge in [0.15, 0.2) is 17.3 Å². The van der Waals surface area contributed by atoms with E-state index < -0.39 is 0 Å². The minimum absolute atomic E-state index is 0.00737. The molecule has 0 amide bonds. The van der Waals surface area contributed by atoms with Gasteiger partial charge in [-0.25, -0.2) is 0 Å². The smallest absolute Gasteiger partial charge is 0.193 e. The molecule has 0 N–H and O–H groups in total. The van der Waals surface area contributed by atoms with Crippen molar-refractivity contribution in [3.8, 4) is 17.2 Å². The number of hydrogen-bond acceptors (Lipinski definition) is 5. The summed E-state index contributed by atoms with van der Waals surface area (Å²) in [6, 6.07) is 6.34.